The predicted molar refractivity (Wildman–Crippen MR) is 86.3 cm³/mol. The highest BCUT2D eigenvalue weighted by Crippen LogP contribution is 2.05. The van der Waals surface area contributed by atoms with Gasteiger partial charge < -0.3 is 10.6 Å². The number of amides is 1. The Morgan fingerprint density at radius 3 is 2.33 bits per heavy atom. The first-order valence-corrected chi connectivity index (χ1v) is 7.35. The molecular formula is C18H22N2O. The van der Waals surface area contributed by atoms with Gasteiger partial charge in [0.15, 0.2) is 0 Å². The van der Waals surface area contributed by atoms with E-state index in [0.29, 0.717) is 5.56 Å². The Morgan fingerprint density at radius 2 is 1.67 bits per heavy atom. The standard InChI is InChI=1S/C18H22N2O/c1-19-18(21)17-11-9-16(10-12-17)14-20-13-5-8-15-6-3-2-4-7-15/h2-4,6-7,9-12,20H,5,8,13-14H2,1H3,(H,19,21). The van der Waals surface area contributed by atoms with E-state index in [1.165, 1.54) is 11.1 Å². The van der Waals surface area contributed by atoms with Crippen molar-refractivity contribution in [3.05, 3.63) is 71.3 Å². The van der Waals surface area contributed by atoms with Crippen molar-refractivity contribution in [3.63, 3.8) is 0 Å². The minimum atomic E-state index is -0.0441. The number of nitrogens with one attached hydrogen (secondary N) is 2. The quantitative estimate of drug-likeness (QED) is 0.767. The second-order valence-electron chi connectivity index (χ2n) is 5.04. The maximum Gasteiger partial charge on any atom is 0.251 e. The van der Waals surface area contributed by atoms with Crippen molar-refractivity contribution >= 4 is 5.91 Å². The summed E-state index contributed by atoms with van der Waals surface area (Å²) in [5, 5.41) is 6.06. The Bertz CT molecular complexity index is 549. The molecule has 3 nitrogen and oxygen atoms in total. The molecule has 1 amide bonds. The molecule has 3 heteroatoms. The van der Waals surface area contributed by atoms with Crippen LogP contribution in [-0.4, -0.2) is 19.5 Å². The molecule has 0 aliphatic heterocycles. The minimum absolute atomic E-state index is 0.0441. The molecule has 0 aliphatic carbocycles. The molecule has 21 heavy (non-hydrogen) atoms. The summed E-state index contributed by atoms with van der Waals surface area (Å²) in [5.74, 6) is -0.0441. The van der Waals surface area contributed by atoms with E-state index in [-0.39, 0.29) is 5.91 Å². The van der Waals surface area contributed by atoms with Crippen LogP contribution in [0.25, 0.3) is 0 Å². The van der Waals surface area contributed by atoms with Gasteiger partial charge in [-0.1, -0.05) is 42.5 Å². The molecule has 0 aliphatic rings. The summed E-state index contributed by atoms with van der Waals surface area (Å²) in [6.45, 7) is 1.83. The molecule has 0 saturated carbocycles. The Kier molecular flexibility index (Phi) is 5.98. The zero-order chi connectivity index (χ0) is 14.9. The molecule has 0 unspecified atom stereocenters. The van der Waals surface area contributed by atoms with Gasteiger partial charge in [0.1, 0.15) is 0 Å². The Morgan fingerprint density at radius 1 is 0.952 bits per heavy atom. The lowest BCUT2D eigenvalue weighted by Crippen LogP contribution is -2.18. The second-order valence-corrected chi connectivity index (χ2v) is 5.04. The van der Waals surface area contributed by atoms with E-state index >= 15 is 0 Å². The monoisotopic (exact) mass is 282 g/mol. The van der Waals surface area contributed by atoms with Crippen LogP contribution >= 0.6 is 0 Å². The maximum atomic E-state index is 11.4. The molecule has 110 valence electrons. The molecule has 0 radical (unpaired) electrons. The van der Waals surface area contributed by atoms with Crippen LogP contribution in [0.15, 0.2) is 54.6 Å². The lowest BCUT2D eigenvalue weighted by atomic mass is 10.1. The van der Waals surface area contributed by atoms with Crippen LogP contribution in [0.1, 0.15) is 27.9 Å². The van der Waals surface area contributed by atoms with Gasteiger partial charge in [0.2, 0.25) is 0 Å². The zero-order valence-corrected chi connectivity index (χ0v) is 12.4. The van der Waals surface area contributed by atoms with E-state index < -0.39 is 0 Å². The van der Waals surface area contributed by atoms with Crippen LogP contribution in [0.2, 0.25) is 0 Å². The summed E-state index contributed by atoms with van der Waals surface area (Å²) in [6, 6.07) is 18.2. The summed E-state index contributed by atoms with van der Waals surface area (Å²) in [5.41, 5.74) is 3.28. The van der Waals surface area contributed by atoms with Crippen molar-refractivity contribution in [1.82, 2.24) is 10.6 Å². The molecule has 0 bridgehead atoms. The van der Waals surface area contributed by atoms with Gasteiger partial charge in [0, 0.05) is 19.2 Å². The van der Waals surface area contributed by atoms with E-state index in [0.717, 1.165) is 25.9 Å². The average Bonchev–Trinajstić information content (AvgIpc) is 2.55. The van der Waals surface area contributed by atoms with Gasteiger partial charge in [-0.25, -0.2) is 0 Å². The van der Waals surface area contributed by atoms with E-state index in [9.17, 15) is 4.79 Å². The van der Waals surface area contributed by atoms with Crippen LogP contribution in [0.4, 0.5) is 0 Å². The van der Waals surface area contributed by atoms with E-state index in [1.807, 2.05) is 30.3 Å². The Labute approximate surface area is 126 Å². The lowest BCUT2D eigenvalue weighted by molar-refractivity contribution is 0.0963. The summed E-state index contributed by atoms with van der Waals surface area (Å²) < 4.78 is 0. The third-order valence-electron chi connectivity index (χ3n) is 3.43. The fourth-order valence-corrected chi connectivity index (χ4v) is 2.21. The van der Waals surface area contributed by atoms with Crippen LogP contribution < -0.4 is 10.6 Å². The smallest absolute Gasteiger partial charge is 0.251 e. The fraction of sp³-hybridized carbons (Fsp3) is 0.278. The van der Waals surface area contributed by atoms with Crippen LogP contribution in [0.3, 0.4) is 0 Å². The van der Waals surface area contributed by atoms with Gasteiger partial charge >= 0.3 is 0 Å². The summed E-state index contributed by atoms with van der Waals surface area (Å²) in [6.07, 6.45) is 2.23. The third kappa shape index (κ3) is 5.04. The van der Waals surface area contributed by atoms with Gasteiger partial charge in [-0.15, -0.1) is 0 Å². The van der Waals surface area contributed by atoms with Crippen molar-refractivity contribution in [2.75, 3.05) is 13.6 Å². The van der Waals surface area contributed by atoms with Crippen molar-refractivity contribution in [3.8, 4) is 0 Å². The van der Waals surface area contributed by atoms with Gasteiger partial charge in [0.05, 0.1) is 0 Å². The van der Waals surface area contributed by atoms with Gasteiger partial charge in [0.25, 0.3) is 5.91 Å². The maximum absolute atomic E-state index is 11.4. The molecule has 0 fully saturated rings. The average molecular weight is 282 g/mol. The molecule has 0 heterocycles. The van der Waals surface area contributed by atoms with E-state index in [4.69, 9.17) is 0 Å². The molecule has 2 N–H and O–H groups in total. The summed E-state index contributed by atoms with van der Waals surface area (Å²) >= 11 is 0. The van der Waals surface area contributed by atoms with Crippen molar-refractivity contribution < 1.29 is 4.79 Å². The van der Waals surface area contributed by atoms with Crippen molar-refractivity contribution in [1.29, 1.82) is 0 Å². The van der Waals surface area contributed by atoms with Crippen molar-refractivity contribution in [2.45, 2.75) is 19.4 Å². The number of carbonyl (C=O) groups is 1. The largest absolute Gasteiger partial charge is 0.355 e. The Hall–Kier alpha value is -2.13. The summed E-state index contributed by atoms with van der Waals surface area (Å²) in [7, 11) is 1.64. The molecule has 0 spiro atoms. The predicted octanol–water partition coefficient (Wildman–Crippen LogP) is 2.77. The molecule has 0 saturated heterocycles. The van der Waals surface area contributed by atoms with Gasteiger partial charge in [-0.2, -0.15) is 0 Å². The molecule has 2 rings (SSSR count). The normalized spacial score (nSPS) is 10.3. The van der Waals surface area contributed by atoms with Crippen LogP contribution in [-0.2, 0) is 13.0 Å². The zero-order valence-electron chi connectivity index (χ0n) is 12.4. The van der Waals surface area contributed by atoms with Gasteiger partial charge in [-0.05, 0) is 42.6 Å². The number of hydrogen-bond acceptors (Lipinski definition) is 2. The second kappa shape index (κ2) is 8.22. The molecule has 2 aromatic rings. The topological polar surface area (TPSA) is 41.1 Å². The highest BCUT2D eigenvalue weighted by atomic mass is 16.1. The highest BCUT2D eigenvalue weighted by molar-refractivity contribution is 5.93. The van der Waals surface area contributed by atoms with E-state index in [2.05, 4.69) is 34.9 Å². The van der Waals surface area contributed by atoms with Gasteiger partial charge in [-0.3, -0.25) is 4.79 Å². The first-order chi connectivity index (χ1) is 10.3. The number of benzene rings is 2. The first-order valence-electron chi connectivity index (χ1n) is 7.35. The van der Waals surface area contributed by atoms with Crippen molar-refractivity contribution in [2.24, 2.45) is 0 Å². The molecule has 2 aromatic carbocycles. The highest BCUT2D eigenvalue weighted by Gasteiger charge is 2.01. The number of aryl methyl sites for hydroxylation is 1. The SMILES string of the molecule is CNC(=O)c1ccc(CNCCCc2ccccc2)cc1. The van der Waals surface area contributed by atoms with Crippen LogP contribution in [0.5, 0.6) is 0 Å². The molecular weight excluding hydrogens is 260 g/mol. The first kappa shape index (κ1) is 15.3. The molecule has 0 aromatic heterocycles. The minimum Gasteiger partial charge on any atom is -0.355 e. The van der Waals surface area contributed by atoms with E-state index in [1.54, 1.807) is 7.05 Å². The summed E-state index contributed by atoms with van der Waals surface area (Å²) in [4.78, 5) is 11.4. The lowest BCUT2D eigenvalue weighted by Gasteiger charge is -2.06. The fourth-order valence-electron chi connectivity index (χ4n) is 2.21. The third-order valence-corrected chi connectivity index (χ3v) is 3.43. The molecule has 0 atom stereocenters. The number of rotatable bonds is 7. The Balaban J connectivity index is 1.68. The number of hydrogen-bond donors (Lipinski definition) is 2. The number of carbonyl (C=O) groups excluding carboxylic acids is 1. The van der Waals surface area contributed by atoms with Crippen LogP contribution in [0, 0.1) is 0 Å².